The molecule has 0 radical (unpaired) electrons. The summed E-state index contributed by atoms with van der Waals surface area (Å²) in [7, 11) is 0. The lowest BCUT2D eigenvalue weighted by atomic mass is 9.87. The van der Waals surface area contributed by atoms with Gasteiger partial charge in [0.2, 0.25) is 11.8 Å². The third-order valence-corrected chi connectivity index (χ3v) is 14.1. The summed E-state index contributed by atoms with van der Waals surface area (Å²) in [4.78, 5) is 149. The minimum absolute atomic E-state index is 0.00652. The number of carbonyl (C=O) groups excluding carboxylic acids is 12. The van der Waals surface area contributed by atoms with Crippen LogP contribution in [0.25, 0.3) is 0 Å². The van der Waals surface area contributed by atoms with Crippen LogP contribution in [0, 0.1) is 27.1 Å². The van der Waals surface area contributed by atoms with Gasteiger partial charge in [0.05, 0.1) is 58.3 Å². The van der Waals surface area contributed by atoms with Crippen LogP contribution < -0.4 is 10.6 Å². The number of amides is 2. The highest BCUT2D eigenvalue weighted by Gasteiger charge is 2.33. The van der Waals surface area contributed by atoms with Gasteiger partial charge in [0.25, 0.3) is 0 Å². The summed E-state index contributed by atoms with van der Waals surface area (Å²) in [5.74, 6) is -2.06. The number of Topliss-reactive ketones (excluding diaryl/α,β-unsaturated/α-hetero) is 6. The lowest BCUT2D eigenvalue weighted by molar-refractivity contribution is -0.151. The summed E-state index contributed by atoms with van der Waals surface area (Å²) >= 11 is 0. The fraction of sp³-hybridized carbons (Fsp3) is 0.821. The van der Waals surface area contributed by atoms with Crippen LogP contribution in [0.4, 0.5) is 0 Å². The maximum absolute atomic E-state index is 12.6. The second-order valence-corrected chi connectivity index (χ2v) is 27.1. The van der Waals surface area contributed by atoms with E-state index in [0.29, 0.717) is 96.3 Å². The van der Waals surface area contributed by atoms with Crippen molar-refractivity contribution in [1.82, 2.24) is 10.6 Å². The van der Waals surface area contributed by atoms with Crippen molar-refractivity contribution in [3.63, 3.8) is 0 Å². The second-order valence-electron chi connectivity index (χ2n) is 27.1. The van der Waals surface area contributed by atoms with Crippen LogP contribution in [0.5, 0.6) is 0 Å². The first-order valence-corrected chi connectivity index (χ1v) is 32.3. The zero-order valence-corrected chi connectivity index (χ0v) is 56.5. The van der Waals surface area contributed by atoms with Gasteiger partial charge < -0.3 is 48.5 Å². The SMILES string of the molecule is CC(C)(C)C(=O)CCCCC(=O)CCCC(=O)OCCOCC(COCCOC(=O)CCCC(=O)CCCCC(=O)C(C)(C)C)(COCCOC(=O)CCCC(=O)CCCCC(=O)C(C)(C)C)COCCOC(=O)CCCC(=O)NCCNC(=O)C(C)(C)C. The lowest BCUT2D eigenvalue weighted by Crippen LogP contribution is -2.43. The molecule has 2 N–H and O–H groups in total. The molecule has 0 saturated heterocycles. The Morgan fingerprint density at radius 1 is 0.270 bits per heavy atom. The molecule has 89 heavy (non-hydrogen) atoms. The molecule has 0 rings (SSSR count). The van der Waals surface area contributed by atoms with E-state index in [1.165, 1.54) is 0 Å². The van der Waals surface area contributed by atoms with Crippen LogP contribution >= 0.6 is 0 Å². The Morgan fingerprint density at radius 2 is 0.517 bits per heavy atom. The summed E-state index contributed by atoms with van der Waals surface area (Å²) in [6.45, 7) is 21.5. The Hall–Kier alpha value is -5.32. The number of rotatable bonds is 54. The monoisotopic (exact) mass is 1270 g/mol. The van der Waals surface area contributed by atoms with Crippen LogP contribution in [-0.2, 0) is 95.4 Å². The Bertz CT molecular complexity index is 1860. The highest BCUT2D eigenvalue weighted by atomic mass is 16.6. The normalized spacial score (nSPS) is 12.0. The molecular weight excluding hydrogens is 1150 g/mol. The largest absolute Gasteiger partial charge is 0.463 e. The van der Waals surface area contributed by atoms with Gasteiger partial charge >= 0.3 is 23.9 Å². The van der Waals surface area contributed by atoms with E-state index in [4.69, 9.17) is 37.9 Å². The standard InChI is InChI=1S/C67H114N2O20/c1-63(2,3)54(73)29-16-13-23-51(70)26-19-33-58(77)86-43-39-82-47-67(48-83-40-44-87-59(78)34-20-27-52(71)24-14-17-30-55(74)64(4,5)6,49-84-41-45-88-60(79)35-21-28-53(72)25-15-18-31-56(75)65(7,8)9)50-85-42-46-89-61(80)36-22-32-57(76)68-37-38-69-62(81)66(10,11)12/h13-50H2,1-12H3,(H,68,76)(H,69,81). The van der Waals surface area contributed by atoms with Crippen molar-refractivity contribution in [2.75, 3.05) is 92.4 Å². The quantitative estimate of drug-likeness (QED) is 0.0325. The van der Waals surface area contributed by atoms with Crippen molar-refractivity contribution in [3.05, 3.63) is 0 Å². The molecule has 0 aromatic heterocycles. The van der Waals surface area contributed by atoms with E-state index in [-0.39, 0.29) is 197 Å². The lowest BCUT2D eigenvalue weighted by Gasteiger charge is -2.33. The summed E-state index contributed by atoms with van der Waals surface area (Å²) < 4.78 is 45.7. The molecule has 0 atom stereocenters. The summed E-state index contributed by atoms with van der Waals surface area (Å²) in [6, 6.07) is 0. The van der Waals surface area contributed by atoms with Crippen LogP contribution in [0.1, 0.15) is 237 Å². The van der Waals surface area contributed by atoms with Crippen LogP contribution in [-0.4, -0.2) is 163 Å². The highest BCUT2D eigenvalue weighted by molar-refractivity contribution is 5.85. The van der Waals surface area contributed by atoms with Crippen LogP contribution in [0.15, 0.2) is 0 Å². The number of hydrogen-bond donors (Lipinski definition) is 2. The molecule has 0 unspecified atom stereocenters. The number of nitrogens with one attached hydrogen (secondary N) is 2. The van der Waals surface area contributed by atoms with E-state index in [1.807, 2.05) is 62.3 Å². The Balaban J connectivity index is 5.74. The number of carbonyl (C=O) groups is 12. The molecule has 0 aromatic rings. The molecule has 0 aliphatic rings. The van der Waals surface area contributed by atoms with Gasteiger partial charge in [-0.05, 0) is 64.2 Å². The van der Waals surface area contributed by atoms with Gasteiger partial charge in [-0.2, -0.15) is 0 Å². The van der Waals surface area contributed by atoms with Gasteiger partial charge in [-0.25, -0.2) is 0 Å². The van der Waals surface area contributed by atoms with Crippen molar-refractivity contribution in [3.8, 4) is 0 Å². The molecule has 0 heterocycles. The molecule has 0 aromatic carbocycles. The van der Waals surface area contributed by atoms with Crippen LogP contribution in [0.2, 0.25) is 0 Å². The van der Waals surface area contributed by atoms with Crippen molar-refractivity contribution in [2.24, 2.45) is 27.1 Å². The van der Waals surface area contributed by atoms with Crippen LogP contribution in [0.3, 0.4) is 0 Å². The van der Waals surface area contributed by atoms with Crippen molar-refractivity contribution < 1.29 is 95.4 Å². The van der Waals surface area contributed by atoms with E-state index >= 15 is 0 Å². The number of esters is 4. The molecule has 0 fully saturated rings. The molecule has 22 heteroatoms. The van der Waals surface area contributed by atoms with Gasteiger partial charge in [-0.3, -0.25) is 57.5 Å². The number of hydrogen-bond acceptors (Lipinski definition) is 20. The fourth-order valence-corrected chi connectivity index (χ4v) is 8.29. The Labute approximate surface area is 531 Å². The summed E-state index contributed by atoms with van der Waals surface area (Å²) in [6.07, 6.45) is 7.71. The highest BCUT2D eigenvalue weighted by Crippen LogP contribution is 2.24. The fourth-order valence-electron chi connectivity index (χ4n) is 8.29. The Morgan fingerprint density at radius 3 is 0.787 bits per heavy atom. The summed E-state index contributed by atoms with van der Waals surface area (Å²) in [5, 5.41) is 5.46. The van der Waals surface area contributed by atoms with Crippen molar-refractivity contribution in [1.29, 1.82) is 0 Å². The first-order chi connectivity index (χ1) is 41.7. The predicted octanol–water partition coefficient (Wildman–Crippen LogP) is 9.41. The van der Waals surface area contributed by atoms with Gasteiger partial charge in [0.1, 0.15) is 61.1 Å². The molecule has 512 valence electrons. The molecule has 0 aliphatic carbocycles. The minimum Gasteiger partial charge on any atom is -0.463 e. The molecule has 0 spiro atoms. The van der Waals surface area contributed by atoms with E-state index < -0.39 is 51.0 Å². The maximum Gasteiger partial charge on any atom is 0.305 e. The molecule has 0 aliphatic heterocycles. The zero-order valence-electron chi connectivity index (χ0n) is 56.5. The summed E-state index contributed by atoms with van der Waals surface area (Å²) in [5.41, 5.74) is -2.93. The first kappa shape index (κ1) is 83.7. The van der Waals surface area contributed by atoms with Gasteiger partial charge in [0.15, 0.2) is 0 Å². The average molecular weight is 1270 g/mol. The molecule has 22 nitrogen and oxygen atoms in total. The van der Waals surface area contributed by atoms with Crippen molar-refractivity contribution >= 4 is 70.4 Å². The predicted molar refractivity (Wildman–Crippen MR) is 334 cm³/mol. The van der Waals surface area contributed by atoms with Gasteiger partial charge in [0, 0.05) is 125 Å². The van der Waals surface area contributed by atoms with E-state index in [9.17, 15) is 57.5 Å². The molecule has 0 bridgehead atoms. The minimum atomic E-state index is -1.11. The number of ketones is 6. The number of unbranched alkanes of at least 4 members (excludes halogenated alkanes) is 3. The maximum atomic E-state index is 12.6. The van der Waals surface area contributed by atoms with Gasteiger partial charge in [-0.1, -0.05) is 83.1 Å². The van der Waals surface area contributed by atoms with Gasteiger partial charge in [-0.15, -0.1) is 0 Å². The topological polar surface area (TPSA) is 303 Å². The molecule has 0 saturated carbocycles. The number of ether oxygens (including phenoxy) is 8. The second kappa shape index (κ2) is 46.7. The zero-order chi connectivity index (χ0) is 67.4. The third kappa shape index (κ3) is 47.3. The Kier molecular flexibility index (Phi) is 43.9. The van der Waals surface area contributed by atoms with E-state index in [1.54, 1.807) is 20.8 Å². The van der Waals surface area contributed by atoms with E-state index in [0.717, 1.165) is 0 Å². The molecular formula is C67H114N2O20. The smallest absolute Gasteiger partial charge is 0.305 e. The van der Waals surface area contributed by atoms with Crippen molar-refractivity contribution in [2.45, 2.75) is 237 Å². The molecule has 2 amide bonds. The average Bonchev–Trinajstić information content (AvgIpc) is 3.66. The first-order valence-electron chi connectivity index (χ1n) is 32.3. The third-order valence-electron chi connectivity index (χ3n) is 14.1. The van der Waals surface area contributed by atoms with E-state index in [2.05, 4.69) is 10.6 Å².